The van der Waals surface area contributed by atoms with Crippen LogP contribution in [0.3, 0.4) is 0 Å². The number of aromatic nitrogens is 2. The maximum atomic E-state index is 5.79. The number of nitrogens with zero attached hydrogens (tertiary/aromatic N) is 2. The number of nitrogens with two attached hydrogens (primary N) is 1. The van der Waals surface area contributed by atoms with Gasteiger partial charge in [0.1, 0.15) is 0 Å². The second-order valence-corrected chi connectivity index (χ2v) is 5.18. The van der Waals surface area contributed by atoms with Gasteiger partial charge in [-0.05, 0) is 43.2 Å². The lowest BCUT2D eigenvalue weighted by atomic mass is 9.97. The van der Waals surface area contributed by atoms with Gasteiger partial charge < -0.3 is 0 Å². The van der Waals surface area contributed by atoms with E-state index in [1.54, 1.807) is 6.20 Å². The lowest BCUT2D eigenvalue weighted by Gasteiger charge is -2.19. The van der Waals surface area contributed by atoms with Crippen molar-refractivity contribution in [2.45, 2.75) is 19.9 Å². The second-order valence-electron chi connectivity index (χ2n) is 5.18. The summed E-state index contributed by atoms with van der Waals surface area (Å²) in [6, 6.07) is 14.2. The molecule has 0 aliphatic heterocycles. The number of fused-ring (bicyclic) bond motifs is 1. The predicted molar refractivity (Wildman–Crippen MR) is 84.6 cm³/mol. The van der Waals surface area contributed by atoms with Gasteiger partial charge in [0.25, 0.3) is 0 Å². The van der Waals surface area contributed by atoms with Crippen molar-refractivity contribution in [3.63, 3.8) is 0 Å². The highest BCUT2D eigenvalue weighted by Crippen LogP contribution is 2.26. The Balaban J connectivity index is 2.09. The van der Waals surface area contributed by atoms with Crippen molar-refractivity contribution >= 4 is 10.9 Å². The third kappa shape index (κ3) is 2.63. The summed E-state index contributed by atoms with van der Waals surface area (Å²) in [7, 11) is 0. The molecule has 3 aromatic rings. The zero-order chi connectivity index (χ0) is 14.8. The van der Waals surface area contributed by atoms with Crippen LogP contribution in [0.15, 0.2) is 48.7 Å². The Morgan fingerprint density at radius 1 is 1.10 bits per heavy atom. The summed E-state index contributed by atoms with van der Waals surface area (Å²) in [6.07, 6.45) is 1.80. The van der Waals surface area contributed by atoms with E-state index < -0.39 is 0 Å². The molecule has 0 aliphatic rings. The van der Waals surface area contributed by atoms with E-state index in [9.17, 15) is 0 Å². The molecule has 1 atom stereocenters. The minimum atomic E-state index is -0.0930. The zero-order valence-electron chi connectivity index (χ0n) is 12.2. The van der Waals surface area contributed by atoms with Gasteiger partial charge >= 0.3 is 0 Å². The van der Waals surface area contributed by atoms with Gasteiger partial charge in [-0.2, -0.15) is 0 Å². The van der Waals surface area contributed by atoms with Crippen molar-refractivity contribution in [2.75, 3.05) is 0 Å². The SMILES string of the molecule is Cc1ccc(C(NN)c2ccc3cccnc3c2)c(C)n1. The van der Waals surface area contributed by atoms with E-state index in [0.29, 0.717) is 0 Å². The zero-order valence-corrected chi connectivity index (χ0v) is 12.2. The molecule has 0 saturated heterocycles. The molecule has 2 aromatic heterocycles. The van der Waals surface area contributed by atoms with Gasteiger partial charge in [0.05, 0.1) is 11.6 Å². The lowest BCUT2D eigenvalue weighted by molar-refractivity contribution is 0.630. The molecule has 2 heterocycles. The fourth-order valence-electron chi connectivity index (χ4n) is 2.63. The van der Waals surface area contributed by atoms with Crippen LogP contribution in [0.25, 0.3) is 10.9 Å². The molecule has 0 aliphatic carbocycles. The average Bonchev–Trinajstić information content (AvgIpc) is 2.50. The smallest absolute Gasteiger partial charge is 0.0728 e. The Bertz CT molecular complexity index is 783. The van der Waals surface area contributed by atoms with E-state index in [1.165, 1.54) is 0 Å². The molecule has 4 nitrogen and oxygen atoms in total. The fourth-order valence-corrected chi connectivity index (χ4v) is 2.63. The van der Waals surface area contributed by atoms with Crippen molar-refractivity contribution in [1.82, 2.24) is 15.4 Å². The first-order chi connectivity index (χ1) is 10.2. The van der Waals surface area contributed by atoms with Crippen molar-refractivity contribution in [3.05, 3.63) is 71.2 Å². The largest absolute Gasteiger partial charge is 0.271 e. The maximum absolute atomic E-state index is 5.79. The van der Waals surface area contributed by atoms with Crippen LogP contribution in [-0.2, 0) is 0 Å². The number of aryl methyl sites for hydroxylation is 2. The van der Waals surface area contributed by atoms with E-state index in [4.69, 9.17) is 5.84 Å². The monoisotopic (exact) mass is 278 g/mol. The molecule has 4 heteroatoms. The van der Waals surface area contributed by atoms with E-state index in [0.717, 1.165) is 33.4 Å². The average molecular weight is 278 g/mol. The van der Waals surface area contributed by atoms with Crippen LogP contribution >= 0.6 is 0 Å². The van der Waals surface area contributed by atoms with Crippen molar-refractivity contribution < 1.29 is 0 Å². The summed E-state index contributed by atoms with van der Waals surface area (Å²) < 4.78 is 0. The van der Waals surface area contributed by atoms with E-state index >= 15 is 0 Å². The summed E-state index contributed by atoms with van der Waals surface area (Å²) >= 11 is 0. The van der Waals surface area contributed by atoms with Crippen LogP contribution in [0.4, 0.5) is 0 Å². The third-order valence-corrected chi connectivity index (χ3v) is 3.71. The number of pyridine rings is 2. The van der Waals surface area contributed by atoms with Crippen LogP contribution in [0.5, 0.6) is 0 Å². The first-order valence-electron chi connectivity index (χ1n) is 6.94. The van der Waals surface area contributed by atoms with Gasteiger partial charge in [-0.1, -0.05) is 24.3 Å². The van der Waals surface area contributed by atoms with E-state index in [1.807, 2.05) is 26.0 Å². The summed E-state index contributed by atoms with van der Waals surface area (Å²) in [5.74, 6) is 5.79. The minimum absolute atomic E-state index is 0.0930. The Morgan fingerprint density at radius 3 is 2.71 bits per heavy atom. The highest BCUT2D eigenvalue weighted by atomic mass is 15.2. The second kappa shape index (κ2) is 5.60. The van der Waals surface area contributed by atoms with Crippen LogP contribution < -0.4 is 11.3 Å². The summed E-state index contributed by atoms with van der Waals surface area (Å²) in [4.78, 5) is 8.92. The molecule has 1 unspecified atom stereocenters. The van der Waals surface area contributed by atoms with E-state index in [2.05, 4.69) is 45.7 Å². The standard InChI is InChI=1S/C17H18N4/c1-11-5-8-15(12(2)20-11)17(21-18)14-7-6-13-4-3-9-19-16(13)10-14/h3-10,17,21H,18H2,1-2H3. The quantitative estimate of drug-likeness (QED) is 0.571. The normalized spacial score (nSPS) is 12.5. The lowest BCUT2D eigenvalue weighted by Crippen LogP contribution is -2.29. The number of benzene rings is 1. The number of hydrogen-bond acceptors (Lipinski definition) is 4. The topological polar surface area (TPSA) is 63.8 Å². The molecule has 0 radical (unpaired) electrons. The Labute approximate surface area is 124 Å². The molecule has 0 fully saturated rings. The third-order valence-electron chi connectivity index (χ3n) is 3.71. The molecule has 21 heavy (non-hydrogen) atoms. The Kier molecular flexibility index (Phi) is 3.64. The Hall–Kier alpha value is -2.30. The maximum Gasteiger partial charge on any atom is 0.0728 e. The number of hydrogen-bond donors (Lipinski definition) is 2. The van der Waals surface area contributed by atoms with E-state index in [-0.39, 0.29) is 6.04 Å². The molecule has 106 valence electrons. The predicted octanol–water partition coefficient (Wildman–Crippen LogP) is 2.80. The summed E-state index contributed by atoms with van der Waals surface area (Å²) in [5.41, 5.74) is 8.01. The highest BCUT2D eigenvalue weighted by Gasteiger charge is 2.16. The van der Waals surface area contributed by atoms with Crippen LogP contribution in [-0.4, -0.2) is 9.97 Å². The highest BCUT2D eigenvalue weighted by molar-refractivity contribution is 5.79. The van der Waals surface area contributed by atoms with Gasteiger partial charge in [-0.25, -0.2) is 5.43 Å². The van der Waals surface area contributed by atoms with Gasteiger partial charge in [-0.3, -0.25) is 15.8 Å². The molecule has 0 amide bonds. The van der Waals surface area contributed by atoms with Gasteiger partial charge in [-0.15, -0.1) is 0 Å². The van der Waals surface area contributed by atoms with Crippen LogP contribution in [0.1, 0.15) is 28.6 Å². The summed E-state index contributed by atoms with van der Waals surface area (Å²) in [6.45, 7) is 3.99. The summed E-state index contributed by atoms with van der Waals surface area (Å²) in [5, 5.41) is 1.12. The number of nitrogens with one attached hydrogen (secondary N) is 1. The van der Waals surface area contributed by atoms with Crippen LogP contribution in [0.2, 0.25) is 0 Å². The number of rotatable bonds is 3. The van der Waals surface area contributed by atoms with Gasteiger partial charge in [0, 0.05) is 23.0 Å². The molecular formula is C17H18N4. The minimum Gasteiger partial charge on any atom is -0.271 e. The van der Waals surface area contributed by atoms with Gasteiger partial charge in [0.2, 0.25) is 0 Å². The van der Waals surface area contributed by atoms with Gasteiger partial charge in [0.15, 0.2) is 0 Å². The van der Waals surface area contributed by atoms with Crippen molar-refractivity contribution in [2.24, 2.45) is 5.84 Å². The molecule has 3 rings (SSSR count). The molecule has 0 bridgehead atoms. The van der Waals surface area contributed by atoms with Crippen molar-refractivity contribution in [3.8, 4) is 0 Å². The fraction of sp³-hybridized carbons (Fsp3) is 0.176. The number of hydrazine groups is 1. The van der Waals surface area contributed by atoms with Crippen molar-refractivity contribution in [1.29, 1.82) is 0 Å². The van der Waals surface area contributed by atoms with Crippen LogP contribution in [0, 0.1) is 13.8 Å². The Morgan fingerprint density at radius 2 is 1.95 bits per heavy atom. The first-order valence-corrected chi connectivity index (χ1v) is 6.94. The molecule has 3 N–H and O–H groups in total. The molecule has 1 aromatic carbocycles. The molecule has 0 spiro atoms. The first kappa shape index (κ1) is 13.7. The molecular weight excluding hydrogens is 260 g/mol. The molecule has 0 saturated carbocycles.